The van der Waals surface area contributed by atoms with Gasteiger partial charge in [0.2, 0.25) is 0 Å². The summed E-state index contributed by atoms with van der Waals surface area (Å²) in [6, 6.07) is 0.828. The van der Waals surface area contributed by atoms with Crippen molar-refractivity contribution in [2.75, 3.05) is 0 Å². The quantitative estimate of drug-likeness (QED) is 0.684. The molecule has 0 fully saturated rings. The Morgan fingerprint density at radius 3 is 2.93 bits per heavy atom. The smallest absolute Gasteiger partial charge is 0.316 e. The van der Waals surface area contributed by atoms with E-state index in [0.717, 1.165) is 6.07 Å². The van der Waals surface area contributed by atoms with Crippen molar-refractivity contribution in [2.24, 2.45) is 0 Å². The third kappa shape index (κ3) is 1.54. The van der Waals surface area contributed by atoms with Crippen molar-refractivity contribution in [1.82, 2.24) is 14.5 Å². The molecule has 2 aromatic heterocycles. The van der Waals surface area contributed by atoms with Crippen LogP contribution in [0, 0.1) is 5.95 Å². The molecule has 15 heavy (non-hydrogen) atoms. The van der Waals surface area contributed by atoms with E-state index in [4.69, 9.17) is 0 Å². The van der Waals surface area contributed by atoms with Crippen LogP contribution >= 0.6 is 0 Å². The van der Waals surface area contributed by atoms with E-state index < -0.39 is 17.1 Å². The Morgan fingerprint density at radius 2 is 2.27 bits per heavy atom. The van der Waals surface area contributed by atoms with Crippen LogP contribution in [0.5, 0.6) is 0 Å². The Hall–Kier alpha value is -1.98. The summed E-state index contributed by atoms with van der Waals surface area (Å²) in [6.07, 6.45) is 1.38. The molecule has 5 nitrogen and oxygen atoms in total. The zero-order valence-electron chi connectivity index (χ0n) is 7.95. The van der Waals surface area contributed by atoms with E-state index in [0.29, 0.717) is 6.54 Å². The monoisotopic (exact) mass is 209 g/mol. The molecule has 2 rings (SSSR count). The fourth-order valence-electron chi connectivity index (χ4n) is 1.34. The van der Waals surface area contributed by atoms with Crippen molar-refractivity contribution in [3.63, 3.8) is 0 Å². The summed E-state index contributed by atoms with van der Waals surface area (Å²) >= 11 is 0. The van der Waals surface area contributed by atoms with E-state index in [9.17, 15) is 14.0 Å². The Labute approximate surface area is 83.2 Å². The van der Waals surface area contributed by atoms with E-state index in [1.165, 1.54) is 10.8 Å². The number of fused-ring (bicyclic) bond motifs is 1. The summed E-state index contributed by atoms with van der Waals surface area (Å²) in [6.45, 7) is 2.17. The fraction of sp³-hybridized carbons (Fsp3) is 0.222. The predicted molar refractivity (Wildman–Crippen MR) is 52.3 cm³/mol. The third-order valence-electron chi connectivity index (χ3n) is 2.09. The number of nitrogens with zero attached hydrogens (tertiary/aromatic N) is 2. The highest BCUT2D eigenvalue weighted by Gasteiger charge is 2.05. The molecule has 0 spiro atoms. The van der Waals surface area contributed by atoms with E-state index in [-0.39, 0.29) is 11.0 Å². The van der Waals surface area contributed by atoms with Crippen LogP contribution in [-0.2, 0) is 6.54 Å². The van der Waals surface area contributed by atoms with E-state index in [1.54, 1.807) is 6.92 Å². The van der Waals surface area contributed by atoms with Gasteiger partial charge in [-0.1, -0.05) is 0 Å². The minimum atomic E-state index is -0.798. The number of halogens is 1. The second-order valence-corrected chi connectivity index (χ2v) is 3.05. The van der Waals surface area contributed by atoms with Gasteiger partial charge >= 0.3 is 5.69 Å². The maximum absolute atomic E-state index is 12.8. The van der Waals surface area contributed by atoms with Crippen molar-refractivity contribution in [3.05, 3.63) is 38.9 Å². The van der Waals surface area contributed by atoms with Crippen molar-refractivity contribution < 1.29 is 4.39 Å². The van der Waals surface area contributed by atoms with Crippen LogP contribution in [0.1, 0.15) is 6.92 Å². The lowest BCUT2D eigenvalue weighted by Crippen LogP contribution is -2.23. The molecule has 2 aromatic rings. The first-order valence-corrected chi connectivity index (χ1v) is 4.42. The molecule has 0 amide bonds. The Morgan fingerprint density at radius 1 is 1.53 bits per heavy atom. The SMILES string of the molecule is CCn1cc2c(=O)cc(F)[nH]c2nc1=O. The molecule has 0 aliphatic carbocycles. The summed E-state index contributed by atoms with van der Waals surface area (Å²) in [4.78, 5) is 28.5. The Kier molecular flexibility index (Phi) is 2.11. The van der Waals surface area contributed by atoms with Crippen LogP contribution in [-0.4, -0.2) is 14.5 Å². The maximum Gasteiger partial charge on any atom is 0.349 e. The molecule has 0 atom stereocenters. The summed E-state index contributed by atoms with van der Waals surface area (Å²) in [5.74, 6) is -0.798. The first-order chi connectivity index (χ1) is 7.11. The lowest BCUT2D eigenvalue weighted by molar-refractivity contribution is 0.585. The second kappa shape index (κ2) is 3.30. The number of aromatic nitrogens is 3. The van der Waals surface area contributed by atoms with Crippen molar-refractivity contribution >= 4 is 11.0 Å². The highest BCUT2D eigenvalue weighted by Crippen LogP contribution is 2.01. The molecule has 0 saturated heterocycles. The molecule has 6 heteroatoms. The lowest BCUT2D eigenvalue weighted by Gasteiger charge is -2.02. The minimum absolute atomic E-state index is 0.0188. The molecule has 0 unspecified atom stereocenters. The number of rotatable bonds is 1. The number of aryl methyl sites for hydroxylation is 1. The van der Waals surface area contributed by atoms with Gasteiger partial charge in [0.25, 0.3) is 0 Å². The van der Waals surface area contributed by atoms with Gasteiger partial charge < -0.3 is 4.98 Å². The highest BCUT2D eigenvalue weighted by molar-refractivity contribution is 5.72. The topological polar surface area (TPSA) is 67.8 Å². The van der Waals surface area contributed by atoms with Gasteiger partial charge in [-0.05, 0) is 6.92 Å². The van der Waals surface area contributed by atoms with Gasteiger partial charge in [0.1, 0.15) is 0 Å². The predicted octanol–water partition coefficient (Wildman–Crippen LogP) is 0.244. The summed E-state index contributed by atoms with van der Waals surface area (Å²) < 4.78 is 14.1. The maximum atomic E-state index is 12.8. The molecule has 0 radical (unpaired) electrons. The van der Waals surface area contributed by atoms with Crippen LogP contribution in [0.4, 0.5) is 4.39 Å². The minimum Gasteiger partial charge on any atom is -0.316 e. The highest BCUT2D eigenvalue weighted by atomic mass is 19.1. The Bertz CT molecular complexity index is 629. The van der Waals surface area contributed by atoms with Crippen LogP contribution < -0.4 is 11.1 Å². The number of hydrogen-bond acceptors (Lipinski definition) is 3. The molecule has 0 aliphatic rings. The van der Waals surface area contributed by atoms with Gasteiger partial charge in [-0.25, -0.2) is 4.79 Å². The molecule has 0 aromatic carbocycles. The van der Waals surface area contributed by atoms with Gasteiger partial charge in [-0.3, -0.25) is 9.36 Å². The zero-order valence-corrected chi connectivity index (χ0v) is 7.95. The molecule has 0 aliphatic heterocycles. The van der Waals surface area contributed by atoms with Crippen molar-refractivity contribution in [2.45, 2.75) is 13.5 Å². The number of aromatic amines is 1. The first-order valence-electron chi connectivity index (χ1n) is 4.42. The largest absolute Gasteiger partial charge is 0.349 e. The second-order valence-electron chi connectivity index (χ2n) is 3.05. The zero-order chi connectivity index (χ0) is 11.0. The lowest BCUT2D eigenvalue weighted by atomic mass is 10.3. The summed E-state index contributed by atoms with van der Waals surface area (Å²) in [5.41, 5.74) is -1.02. The average Bonchev–Trinajstić information content (AvgIpc) is 2.16. The molecule has 0 bridgehead atoms. The van der Waals surface area contributed by atoms with E-state index >= 15 is 0 Å². The van der Waals surface area contributed by atoms with E-state index in [2.05, 4.69) is 9.97 Å². The molecule has 2 heterocycles. The molecule has 0 saturated carbocycles. The van der Waals surface area contributed by atoms with Crippen LogP contribution in [0.2, 0.25) is 0 Å². The first kappa shape index (κ1) is 9.57. The van der Waals surface area contributed by atoms with Crippen molar-refractivity contribution in [3.8, 4) is 0 Å². The number of nitrogens with one attached hydrogen (secondary N) is 1. The van der Waals surface area contributed by atoms with Gasteiger partial charge in [0.15, 0.2) is 17.0 Å². The summed E-state index contributed by atoms with van der Waals surface area (Å²) in [5, 5.41) is 0.206. The van der Waals surface area contributed by atoms with E-state index in [1.807, 2.05) is 0 Å². The summed E-state index contributed by atoms with van der Waals surface area (Å²) in [7, 11) is 0. The number of H-pyrrole nitrogens is 1. The Balaban J connectivity index is 2.94. The van der Waals surface area contributed by atoms with Crippen LogP contribution in [0.15, 0.2) is 21.9 Å². The molecule has 1 N–H and O–H groups in total. The number of hydrogen-bond donors (Lipinski definition) is 1. The van der Waals surface area contributed by atoms with Gasteiger partial charge in [-0.15, -0.1) is 0 Å². The normalized spacial score (nSPS) is 10.8. The third-order valence-corrected chi connectivity index (χ3v) is 2.09. The molecular weight excluding hydrogens is 201 g/mol. The van der Waals surface area contributed by atoms with Gasteiger partial charge in [-0.2, -0.15) is 9.37 Å². The molecular formula is C9H8FN3O2. The van der Waals surface area contributed by atoms with Crippen molar-refractivity contribution in [1.29, 1.82) is 0 Å². The van der Waals surface area contributed by atoms with Crippen LogP contribution in [0.3, 0.4) is 0 Å². The fourth-order valence-corrected chi connectivity index (χ4v) is 1.34. The van der Waals surface area contributed by atoms with Gasteiger partial charge in [0, 0.05) is 18.8 Å². The molecule has 78 valence electrons. The standard InChI is InChI=1S/C9H8FN3O2/c1-2-13-4-5-6(14)3-7(10)11-8(5)12-9(13)15/h3-4H,2H2,1H3,(H,11,12,15). The van der Waals surface area contributed by atoms with Crippen LogP contribution in [0.25, 0.3) is 11.0 Å². The average molecular weight is 209 g/mol. The number of pyridine rings is 1. The van der Waals surface area contributed by atoms with Gasteiger partial charge in [0.05, 0.1) is 5.39 Å².